The number of aromatic nitrogens is 2. The molecule has 2 aromatic rings. The van der Waals surface area contributed by atoms with Crippen molar-refractivity contribution in [2.24, 2.45) is 5.92 Å². The minimum absolute atomic E-state index is 0.180. The normalized spacial score (nSPS) is 18.9. The number of fused-ring (bicyclic) bond motifs is 1. The van der Waals surface area contributed by atoms with Gasteiger partial charge in [0.2, 0.25) is 0 Å². The zero-order valence-electron chi connectivity index (χ0n) is 12.6. The summed E-state index contributed by atoms with van der Waals surface area (Å²) in [5.41, 5.74) is 1.73. The van der Waals surface area contributed by atoms with E-state index < -0.39 is 0 Å². The van der Waals surface area contributed by atoms with Crippen LogP contribution in [0, 0.1) is 16.0 Å². The highest BCUT2D eigenvalue weighted by atomic mass is 16.6. The van der Waals surface area contributed by atoms with Crippen LogP contribution in [0.25, 0.3) is 10.9 Å². The van der Waals surface area contributed by atoms with E-state index in [4.69, 9.17) is 0 Å². The maximum Gasteiger partial charge on any atom is 0.293 e. The Hall–Kier alpha value is -2.11. The van der Waals surface area contributed by atoms with Crippen molar-refractivity contribution in [1.29, 1.82) is 0 Å². The SMILES string of the molecule is CC1CCN(c2c([N+](=O)[O-])ccc3nn(C(C)C)cc23)C1. The fourth-order valence-corrected chi connectivity index (χ4v) is 2.97. The molecule has 0 spiro atoms. The Kier molecular flexibility index (Phi) is 3.31. The fraction of sp³-hybridized carbons (Fsp3) is 0.533. The molecule has 6 heteroatoms. The van der Waals surface area contributed by atoms with Crippen LogP contribution in [0.3, 0.4) is 0 Å². The van der Waals surface area contributed by atoms with Crippen molar-refractivity contribution in [2.75, 3.05) is 18.0 Å². The number of hydrogen-bond donors (Lipinski definition) is 0. The Labute approximate surface area is 123 Å². The quantitative estimate of drug-likeness (QED) is 0.641. The van der Waals surface area contributed by atoms with E-state index in [1.807, 2.05) is 10.9 Å². The summed E-state index contributed by atoms with van der Waals surface area (Å²) in [5.74, 6) is 0.569. The average molecular weight is 288 g/mol. The molecule has 0 saturated carbocycles. The van der Waals surface area contributed by atoms with Crippen molar-refractivity contribution in [3.05, 3.63) is 28.4 Å². The smallest absolute Gasteiger partial charge is 0.293 e. The third kappa shape index (κ3) is 2.34. The van der Waals surface area contributed by atoms with Crippen LogP contribution in [0.2, 0.25) is 0 Å². The molecule has 0 radical (unpaired) electrons. The average Bonchev–Trinajstić information content (AvgIpc) is 3.02. The molecule has 1 aromatic heterocycles. The van der Waals surface area contributed by atoms with E-state index in [0.717, 1.165) is 36.1 Å². The summed E-state index contributed by atoms with van der Waals surface area (Å²) in [5, 5.41) is 16.8. The van der Waals surface area contributed by atoms with Crippen molar-refractivity contribution in [2.45, 2.75) is 33.2 Å². The number of hydrogen-bond acceptors (Lipinski definition) is 4. The molecule has 6 nitrogen and oxygen atoms in total. The lowest BCUT2D eigenvalue weighted by Crippen LogP contribution is -2.20. The van der Waals surface area contributed by atoms with Crippen LogP contribution in [0.4, 0.5) is 11.4 Å². The van der Waals surface area contributed by atoms with Crippen LogP contribution in [-0.2, 0) is 0 Å². The van der Waals surface area contributed by atoms with Gasteiger partial charge in [-0.2, -0.15) is 5.10 Å². The Morgan fingerprint density at radius 2 is 2.19 bits per heavy atom. The maximum atomic E-state index is 11.4. The molecular weight excluding hydrogens is 268 g/mol. The number of rotatable bonds is 3. The molecule has 21 heavy (non-hydrogen) atoms. The molecule has 112 valence electrons. The van der Waals surface area contributed by atoms with Gasteiger partial charge in [0.05, 0.1) is 15.8 Å². The van der Waals surface area contributed by atoms with Crippen molar-refractivity contribution in [3.63, 3.8) is 0 Å². The van der Waals surface area contributed by atoms with Crippen LogP contribution in [0.1, 0.15) is 33.2 Å². The first kappa shape index (κ1) is 13.9. The summed E-state index contributed by atoms with van der Waals surface area (Å²) in [4.78, 5) is 13.2. The summed E-state index contributed by atoms with van der Waals surface area (Å²) < 4.78 is 1.87. The van der Waals surface area contributed by atoms with E-state index in [1.54, 1.807) is 12.1 Å². The zero-order valence-corrected chi connectivity index (χ0v) is 12.6. The first-order valence-electron chi connectivity index (χ1n) is 7.38. The van der Waals surface area contributed by atoms with E-state index in [2.05, 4.69) is 30.8 Å². The van der Waals surface area contributed by atoms with Gasteiger partial charge in [0, 0.05) is 31.4 Å². The van der Waals surface area contributed by atoms with Gasteiger partial charge in [-0.05, 0) is 32.3 Å². The van der Waals surface area contributed by atoms with Gasteiger partial charge in [0.15, 0.2) is 0 Å². The second-order valence-electron chi connectivity index (χ2n) is 6.17. The Balaban J connectivity index is 2.20. The number of nitrogens with zero attached hydrogens (tertiary/aromatic N) is 4. The number of anilines is 1. The van der Waals surface area contributed by atoms with Crippen molar-refractivity contribution in [1.82, 2.24) is 9.78 Å². The zero-order chi connectivity index (χ0) is 15.1. The fourth-order valence-electron chi connectivity index (χ4n) is 2.97. The third-order valence-corrected chi connectivity index (χ3v) is 4.12. The van der Waals surface area contributed by atoms with E-state index in [1.165, 1.54) is 0 Å². The van der Waals surface area contributed by atoms with Crippen LogP contribution in [0.15, 0.2) is 18.3 Å². The van der Waals surface area contributed by atoms with Crippen molar-refractivity contribution >= 4 is 22.3 Å². The van der Waals surface area contributed by atoms with Crippen LogP contribution in [-0.4, -0.2) is 27.8 Å². The van der Waals surface area contributed by atoms with Gasteiger partial charge >= 0.3 is 0 Å². The van der Waals surface area contributed by atoms with Gasteiger partial charge in [-0.25, -0.2) is 0 Å². The first-order chi connectivity index (χ1) is 9.97. The Morgan fingerprint density at radius 1 is 1.43 bits per heavy atom. The van der Waals surface area contributed by atoms with E-state index >= 15 is 0 Å². The largest absolute Gasteiger partial charge is 0.365 e. The molecule has 1 unspecified atom stereocenters. The van der Waals surface area contributed by atoms with Crippen molar-refractivity contribution < 1.29 is 4.92 Å². The summed E-state index contributed by atoms with van der Waals surface area (Å²) >= 11 is 0. The first-order valence-corrected chi connectivity index (χ1v) is 7.38. The monoisotopic (exact) mass is 288 g/mol. The van der Waals surface area contributed by atoms with Gasteiger partial charge in [-0.3, -0.25) is 14.8 Å². The molecule has 1 aliphatic rings. The molecule has 0 amide bonds. The predicted molar refractivity (Wildman–Crippen MR) is 82.8 cm³/mol. The lowest BCUT2D eigenvalue weighted by Gasteiger charge is -2.18. The minimum atomic E-state index is -0.287. The molecule has 0 N–H and O–H groups in total. The second-order valence-corrected chi connectivity index (χ2v) is 6.17. The number of benzene rings is 1. The summed E-state index contributed by atoms with van der Waals surface area (Å²) in [6.07, 6.45) is 3.01. The lowest BCUT2D eigenvalue weighted by atomic mass is 10.1. The molecule has 1 fully saturated rings. The highest BCUT2D eigenvalue weighted by Crippen LogP contribution is 2.38. The molecule has 1 aromatic carbocycles. The van der Waals surface area contributed by atoms with Crippen molar-refractivity contribution in [3.8, 4) is 0 Å². The standard InChI is InChI=1S/C15H20N4O2/c1-10(2)18-9-12-13(16-18)4-5-14(19(20)21)15(12)17-7-6-11(3)8-17/h4-5,9-11H,6-8H2,1-3H3. The lowest BCUT2D eigenvalue weighted by molar-refractivity contribution is -0.384. The molecule has 0 aliphatic carbocycles. The highest BCUT2D eigenvalue weighted by molar-refractivity contribution is 5.96. The van der Waals surface area contributed by atoms with Crippen LogP contribution < -0.4 is 4.90 Å². The summed E-state index contributed by atoms with van der Waals surface area (Å²) in [6.45, 7) is 8.03. The van der Waals surface area contributed by atoms with Gasteiger partial charge in [0.1, 0.15) is 5.69 Å². The predicted octanol–water partition coefficient (Wildman–Crippen LogP) is 3.37. The summed E-state index contributed by atoms with van der Waals surface area (Å²) in [7, 11) is 0. The second kappa shape index (κ2) is 5.02. The van der Waals surface area contributed by atoms with E-state index in [-0.39, 0.29) is 16.7 Å². The van der Waals surface area contributed by atoms with Gasteiger partial charge < -0.3 is 4.90 Å². The maximum absolute atomic E-state index is 11.4. The molecule has 1 saturated heterocycles. The Morgan fingerprint density at radius 3 is 2.76 bits per heavy atom. The number of nitro groups is 1. The van der Waals surface area contributed by atoms with E-state index in [0.29, 0.717) is 5.92 Å². The molecule has 0 bridgehead atoms. The summed E-state index contributed by atoms with van der Waals surface area (Å²) in [6, 6.07) is 3.56. The van der Waals surface area contributed by atoms with Gasteiger partial charge in [0.25, 0.3) is 5.69 Å². The molecule has 1 atom stereocenters. The van der Waals surface area contributed by atoms with Crippen LogP contribution in [0.5, 0.6) is 0 Å². The molecule has 1 aliphatic heterocycles. The van der Waals surface area contributed by atoms with Crippen LogP contribution >= 0.6 is 0 Å². The topological polar surface area (TPSA) is 64.2 Å². The third-order valence-electron chi connectivity index (χ3n) is 4.12. The van der Waals surface area contributed by atoms with Gasteiger partial charge in [-0.15, -0.1) is 0 Å². The Bertz CT molecular complexity index is 692. The number of nitro benzene ring substituents is 1. The minimum Gasteiger partial charge on any atom is -0.365 e. The van der Waals surface area contributed by atoms with E-state index in [9.17, 15) is 10.1 Å². The van der Waals surface area contributed by atoms with Gasteiger partial charge in [-0.1, -0.05) is 6.92 Å². The highest BCUT2D eigenvalue weighted by Gasteiger charge is 2.28. The molecule has 3 rings (SSSR count). The molecular formula is C15H20N4O2. The molecule has 2 heterocycles.